The second-order valence-electron chi connectivity index (χ2n) is 3.58. The van der Waals surface area contributed by atoms with Crippen LogP contribution in [0.3, 0.4) is 0 Å². The molecular weight excluding hydrogens is 343 g/mol. The molecule has 0 aromatic heterocycles. The number of esters is 2. The van der Waals surface area contributed by atoms with Gasteiger partial charge in [0, 0.05) is 25.4 Å². The Bertz CT molecular complexity index is 267. The molecule has 98 valence electrons. The molecule has 0 N–H and O–H groups in total. The van der Waals surface area contributed by atoms with E-state index in [0.29, 0.717) is 4.43 Å². The first-order valence-electron chi connectivity index (χ1n) is 5.08. The van der Waals surface area contributed by atoms with Gasteiger partial charge in [0.25, 0.3) is 0 Å². The molecule has 17 heavy (non-hydrogen) atoms. The lowest BCUT2D eigenvalue weighted by molar-refractivity contribution is -0.180. The second kappa shape index (κ2) is 6.50. The van der Waals surface area contributed by atoms with Crippen LogP contribution in [0.2, 0.25) is 0 Å². The number of hydrogen-bond donors (Lipinski definition) is 0. The smallest absolute Gasteiger partial charge is 0.303 e. The average Bonchev–Trinajstić information content (AvgIpc) is 2.55. The Kier molecular flexibility index (Phi) is 5.60. The molecule has 1 saturated heterocycles. The maximum absolute atomic E-state index is 11.0. The van der Waals surface area contributed by atoms with E-state index in [1.165, 1.54) is 21.0 Å². The van der Waals surface area contributed by atoms with Crippen LogP contribution in [0, 0.1) is 0 Å². The van der Waals surface area contributed by atoms with Crippen LogP contribution in [-0.4, -0.2) is 48.1 Å². The van der Waals surface area contributed by atoms with Crippen LogP contribution < -0.4 is 0 Å². The van der Waals surface area contributed by atoms with Crippen molar-refractivity contribution in [1.29, 1.82) is 0 Å². The van der Waals surface area contributed by atoms with Gasteiger partial charge in [0.05, 0.1) is 0 Å². The fourth-order valence-corrected chi connectivity index (χ4v) is 2.37. The first-order valence-corrected chi connectivity index (χ1v) is 6.60. The number of rotatable bonds is 4. The summed E-state index contributed by atoms with van der Waals surface area (Å²) in [6, 6.07) is 0. The van der Waals surface area contributed by atoms with Crippen molar-refractivity contribution in [3.8, 4) is 0 Å². The lowest BCUT2D eigenvalue weighted by atomic mass is 10.1. The number of alkyl halides is 1. The molecule has 0 aliphatic carbocycles. The van der Waals surface area contributed by atoms with Gasteiger partial charge in [-0.15, -0.1) is 0 Å². The van der Waals surface area contributed by atoms with Crippen LogP contribution in [0.5, 0.6) is 0 Å². The number of hydrogen-bond acceptors (Lipinski definition) is 6. The van der Waals surface area contributed by atoms with Crippen molar-refractivity contribution < 1.29 is 28.5 Å². The van der Waals surface area contributed by atoms with Crippen LogP contribution in [0.4, 0.5) is 0 Å². The zero-order valence-electron chi connectivity index (χ0n) is 9.84. The van der Waals surface area contributed by atoms with Crippen LogP contribution in [0.25, 0.3) is 0 Å². The number of carbonyl (C=O) groups is 2. The predicted octanol–water partition coefficient (Wildman–Crippen LogP) is 0.656. The lowest BCUT2D eigenvalue weighted by Crippen LogP contribution is -2.40. The molecule has 1 aliphatic rings. The summed E-state index contributed by atoms with van der Waals surface area (Å²) in [4.78, 5) is 22.0. The summed E-state index contributed by atoms with van der Waals surface area (Å²) in [5, 5.41) is 0. The summed E-state index contributed by atoms with van der Waals surface area (Å²) in [6.45, 7) is 2.59. The van der Waals surface area contributed by atoms with E-state index in [-0.39, 0.29) is 6.10 Å². The minimum atomic E-state index is -0.721. The minimum absolute atomic E-state index is 0.339. The highest BCUT2D eigenvalue weighted by Gasteiger charge is 2.48. The summed E-state index contributed by atoms with van der Waals surface area (Å²) in [5.74, 6) is -0.908. The van der Waals surface area contributed by atoms with Gasteiger partial charge in [0.1, 0.15) is 6.10 Å². The third-order valence-electron chi connectivity index (χ3n) is 2.26. The lowest BCUT2D eigenvalue weighted by Gasteiger charge is -2.22. The van der Waals surface area contributed by atoms with Gasteiger partial charge < -0.3 is 18.9 Å². The Morgan fingerprint density at radius 3 is 2.12 bits per heavy atom. The van der Waals surface area contributed by atoms with Crippen LogP contribution in [0.1, 0.15) is 13.8 Å². The summed E-state index contributed by atoms with van der Waals surface area (Å²) >= 11 is 2.11. The zero-order valence-corrected chi connectivity index (χ0v) is 12.0. The normalized spacial score (nSPS) is 32.2. The second-order valence-corrected chi connectivity index (χ2v) is 4.46. The number of methoxy groups -OCH3 is 1. The molecular formula is C10H15IO6. The molecule has 0 radical (unpaired) electrons. The van der Waals surface area contributed by atoms with Crippen LogP contribution in [0.15, 0.2) is 0 Å². The van der Waals surface area contributed by atoms with Gasteiger partial charge in [0.2, 0.25) is 0 Å². The van der Waals surface area contributed by atoms with Crippen molar-refractivity contribution in [2.45, 2.75) is 38.4 Å². The average molecular weight is 358 g/mol. The van der Waals surface area contributed by atoms with Gasteiger partial charge in [0.15, 0.2) is 18.5 Å². The molecule has 0 bridgehead atoms. The standard InChI is InChI=1S/C10H15IO6/c1-5(12)15-8-7(4-11)17-10(14-3)9(8)16-6(2)13/h7-10H,4H2,1-3H3/t7-,8+,9-,10+/m1/s1. The van der Waals surface area contributed by atoms with Crippen molar-refractivity contribution in [2.75, 3.05) is 11.5 Å². The van der Waals surface area contributed by atoms with E-state index in [0.717, 1.165) is 0 Å². The summed E-state index contributed by atoms with van der Waals surface area (Å²) in [6.07, 6.45) is -2.39. The van der Waals surface area contributed by atoms with Crippen LogP contribution >= 0.6 is 22.6 Å². The Balaban J connectivity index is 2.82. The third-order valence-corrected chi connectivity index (χ3v) is 3.12. The van der Waals surface area contributed by atoms with Crippen molar-refractivity contribution in [3.63, 3.8) is 0 Å². The molecule has 0 aromatic rings. The van der Waals surface area contributed by atoms with E-state index >= 15 is 0 Å². The van der Waals surface area contributed by atoms with Gasteiger partial charge >= 0.3 is 11.9 Å². The van der Waals surface area contributed by atoms with Gasteiger partial charge in [-0.1, -0.05) is 22.6 Å². The van der Waals surface area contributed by atoms with Crippen LogP contribution in [-0.2, 0) is 28.5 Å². The molecule has 1 aliphatic heterocycles. The van der Waals surface area contributed by atoms with E-state index < -0.39 is 30.4 Å². The molecule has 1 rings (SSSR count). The van der Waals surface area contributed by atoms with E-state index in [1.807, 2.05) is 0 Å². The number of carbonyl (C=O) groups excluding carboxylic acids is 2. The largest absolute Gasteiger partial charge is 0.456 e. The molecule has 0 aromatic carbocycles. The van der Waals surface area contributed by atoms with Crippen molar-refractivity contribution in [3.05, 3.63) is 0 Å². The maximum Gasteiger partial charge on any atom is 0.303 e. The third kappa shape index (κ3) is 3.78. The molecule has 7 heteroatoms. The van der Waals surface area contributed by atoms with Gasteiger partial charge in [-0.3, -0.25) is 9.59 Å². The van der Waals surface area contributed by atoms with E-state index in [2.05, 4.69) is 22.6 Å². The topological polar surface area (TPSA) is 71.1 Å². The Morgan fingerprint density at radius 2 is 1.71 bits per heavy atom. The Hall–Kier alpha value is -0.410. The molecule has 6 nitrogen and oxygen atoms in total. The quantitative estimate of drug-likeness (QED) is 0.418. The molecule has 0 amide bonds. The Labute approximate surface area is 113 Å². The zero-order chi connectivity index (χ0) is 13.0. The highest BCUT2D eigenvalue weighted by atomic mass is 127. The van der Waals surface area contributed by atoms with Gasteiger partial charge in [-0.25, -0.2) is 0 Å². The summed E-state index contributed by atoms with van der Waals surface area (Å²) in [7, 11) is 1.45. The van der Waals surface area contributed by atoms with Crippen molar-refractivity contribution in [2.24, 2.45) is 0 Å². The van der Waals surface area contributed by atoms with E-state index in [9.17, 15) is 9.59 Å². The predicted molar refractivity (Wildman–Crippen MR) is 65.7 cm³/mol. The molecule has 0 spiro atoms. The highest BCUT2D eigenvalue weighted by molar-refractivity contribution is 14.1. The first-order chi connectivity index (χ1) is 7.99. The first kappa shape index (κ1) is 14.7. The highest BCUT2D eigenvalue weighted by Crippen LogP contribution is 2.28. The SMILES string of the molecule is CO[C@H]1O[C@H](CI)[C@H](OC(C)=O)[C@H]1OC(C)=O. The fraction of sp³-hybridized carbons (Fsp3) is 0.800. The van der Waals surface area contributed by atoms with Gasteiger partial charge in [-0.05, 0) is 0 Å². The maximum atomic E-state index is 11.0. The number of halogens is 1. The van der Waals surface area contributed by atoms with E-state index in [4.69, 9.17) is 18.9 Å². The summed E-state index contributed by atoms with van der Waals surface area (Å²) < 4.78 is 21.4. The minimum Gasteiger partial charge on any atom is -0.456 e. The molecule has 0 saturated carbocycles. The molecule has 1 fully saturated rings. The molecule has 1 heterocycles. The fourth-order valence-electron chi connectivity index (χ4n) is 1.66. The van der Waals surface area contributed by atoms with E-state index in [1.54, 1.807) is 0 Å². The monoisotopic (exact) mass is 358 g/mol. The summed E-state index contributed by atoms with van der Waals surface area (Å²) in [5.41, 5.74) is 0. The number of ether oxygens (including phenoxy) is 4. The molecule has 4 atom stereocenters. The Morgan fingerprint density at radius 1 is 1.18 bits per heavy atom. The van der Waals surface area contributed by atoms with Gasteiger partial charge in [-0.2, -0.15) is 0 Å². The van der Waals surface area contributed by atoms with Crippen molar-refractivity contribution >= 4 is 34.5 Å². The van der Waals surface area contributed by atoms with Crippen molar-refractivity contribution in [1.82, 2.24) is 0 Å². The molecule has 0 unspecified atom stereocenters.